The number of benzene rings is 2. The van der Waals surface area contributed by atoms with Crippen LogP contribution < -0.4 is 0 Å². The zero-order chi connectivity index (χ0) is 14.0. The normalized spacial score (nSPS) is 11.3. The van der Waals surface area contributed by atoms with Crippen molar-refractivity contribution in [3.05, 3.63) is 53.6 Å². The van der Waals surface area contributed by atoms with Gasteiger partial charge in [-0.15, -0.1) is 0 Å². The fourth-order valence-corrected chi connectivity index (χ4v) is 2.12. The standard InChI is InChI=1S/C17H18O2/c1-17(2,3)15-10-13(9-14(11-18)16(15)19)12-7-5-4-6-8-12/h4-11,19H,1-3H3. The first kappa shape index (κ1) is 13.3. The summed E-state index contributed by atoms with van der Waals surface area (Å²) in [7, 11) is 0. The number of carbonyl (C=O) groups excluding carboxylic acids is 1. The minimum atomic E-state index is -0.216. The van der Waals surface area contributed by atoms with E-state index in [1.165, 1.54) is 0 Å². The second-order valence-electron chi connectivity index (χ2n) is 5.70. The molecule has 0 aliphatic rings. The van der Waals surface area contributed by atoms with Gasteiger partial charge in [0.25, 0.3) is 0 Å². The lowest BCUT2D eigenvalue weighted by Gasteiger charge is -2.22. The maximum atomic E-state index is 11.1. The molecule has 0 saturated carbocycles. The molecule has 0 aliphatic heterocycles. The van der Waals surface area contributed by atoms with Gasteiger partial charge < -0.3 is 5.11 Å². The summed E-state index contributed by atoms with van der Waals surface area (Å²) in [4.78, 5) is 11.1. The van der Waals surface area contributed by atoms with Gasteiger partial charge in [-0.05, 0) is 28.7 Å². The Hall–Kier alpha value is -2.09. The quantitative estimate of drug-likeness (QED) is 0.817. The zero-order valence-corrected chi connectivity index (χ0v) is 11.5. The summed E-state index contributed by atoms with van der Waals surface area (Å²) in [6.07, 6.45) is 0.705. The monoisotopic (exact) mass is 254 g/mol. The van der Waals surface area contributed by atoms with Crippen LogP contribution in [0.5, 0.6) is 5.75 Å². The van der Waals surface area contributed by atoms with E-state index in [-0.39, 0.29) is 11.2 Å². The molecule has 0 atom stereocenters. The largest absolute Gasteiger partial charge is 0.507 e. The third kappa shape index (κ3) is 2.68. The summed E-state index contributed by atoms with van der Waals surface area (Å²) >= 11 is 0. The van der Waals surface area contributed by atoms with Crippen LogP contribution in [0.2, 0.25) is 0 Å². The first-order valence-corrected chi connectivity index (χ1v) is 6.31. The Kier molecular flexibility index (Phi) is 3.43. The van der Waals surface area contributed by atoms with Gasteiger partial charge in [0.15, 0.2) is 6.29 Å². The molecule has 0 aromatic heterocycles. The minimum Gasteiger partial charge on any atom is -0.507 e. The predicted molar refractivity (Wildman–Crippen MR) is 77.6 cm³/mol. The minimum absolute atomic E-state index is 0.0854. The number of hydrogen-bond acceptors (Lipinski definition) is 2. The lowest BCUT2D eigenvalue weighted by atomic mass is 9.83. The molecule has 2 aromatic carbocycles. The molecule has 0 spiro atoms. The molecule has 2 aromatic rings. The molecule has 0 heterocycles. The van der Waals surface area contributed by atoms with Gasteiger partial charge >= 0.3 is 0 Å². The number of aldehydes is 1. The van der Waals surface area contributed by atoms with Gasteiger partial charge in [-0.25, -0.2) is 0 Å². The smallest absolute Gasteiger partial charge is 0.153 e. The fourth-order valence-electron chi connectivity index (χ4n) is 2.12. The second-order valence-corrected chi connectivity index (χ2v) is 5.70. The van der Waals surface area contributed by atoms with Crippen LogP contribution >= 0.6 is 0 Å². The first-order chi connectivity index (χ1) is 8.93. The van der Waals surface area contributed by atoms with E-state index in [2.05, 4.69) is 0 Å². The fraction of sp³-hybridized carbons (Fsp3) is 0.235. The molecule has 19 heavy (non-hydrogen) atoms. The van der Waals surface area contributed by atoms with Crippen LogP contribution in [0.3, 0.4) is 0 Å². The Balaban J connectivity index is 2.68. The summed E-state index contributed by atoms with van der Waals surface area (Å²) in [6.45, 7) is 6.06. The van der Waals surface area contributed by atoms with Crippen LogP contribution in [0.25, 0.3) is 11.1 Å². The van der Waals surface area contributed by atoms with Crippen molar-refractivity contribution in [1.82, 2.24) is 0 Å². The highest BCUT2D eigenvalue weighted by Crippen LogP contribution is 2.36. The summed E-state index contributed by atoms with van der Waals surface area (Å²) in [5, 5.41) is 10.2. The van der Waals surface area contributed by atoms with Crippen molar-refractivity contribution < 1.29 is 9.90 Å². The lowest BCUT2D eigenvalue weighted by Crippen LogP contribution is -2.12. The molecule has 0 unspecified atom stereocenters. The van der Waals surface area contributed by atoms with E-state index in [9.17, 15) is 9.90 Å². The topological polar surface area (TPSA) is 37.3 Å². The molecule has 0 saturated heterocycles. The number of rotatable bonds is 2. The maximum Gasteiger partial charge on any atom is 0.153 e. The van der Waals surface area contributed by atoms with Crippen molar-refractivity contribution in [3.63, 3.8) is 0 Å². The van der Waals surface area contributed by atoms with Crippen molar-refractivity contribution in [3.8, 4) is 16.9 Å². The summed E-state index contributed by atoms with van der Waals surface area (Å²) in [5.41, 5.74) is 2.90. The van der Waals surface area contributed by atoms with E-state index in [0.29, 0.717) is 11.8 Å². The number of carbonyl (C=O) groups is 1. The van der Waals surface area contributed by atoms with Crippen molar-refractivity contribution in [2.45, 2.75) is 26.2 Å². The Bertz CT molecular complexity index is 593. The third-order valence-corrected chi connectivity index (χ3v) is 3.18. The van der Waals surface area contributed by atoms with Gasteiger partial charge in [-0.1, -0.05) is 51.1 Å². The molecule has 0 aliphatic carbocycles. The molecule has 0 fully saturated rings. The van der Waals surface area contributed by atoms with Gasteiger partial charge in [0.1, 0.15) is 5.75 Å². The van der Waals surface area contributed by atoms with Crippen LogP contribution in [0, 0.1) is 0 Å². The molecule has 1 N–H and O–H groups in total. The highest BCUT2D eigenvalue weighted by atomic mass is 16.3. The summed E-state index contributed by atoms with van der Waals surface area (Å²) in [6, 6.07) is 13.5. The highest BCUT2D eigenvalue weighted by molar-refractivity contribution is 5.84. The van der Waals surface area contributed by atoms with Crippen LogP contribution in [0.15, 0.2) is 42.5 Å². The van der Waals surface area contributed by atoms with E-state index in [4.69, 9.17) is 0 Å². The molecular formula is C17H18O2. The molecule has 0 bridgehead atoms. The van der Waals surface area contributed by atoms with Gasteiger partial charge in [0.05, 0.1) is 5.56 Å². The molecular weight excluding hydrogens is 236 g/mol. The van der Waals surface area contributed by atoms with Gasteiger partial charge in [-0.2, -0.15) is 0 Å². The molecule has 2 rings (SSSR count). The molecule has 0 amide bonds. The third-order valence-electron chi connectivity index (χ3n) is 3.18. The van der Waals surface area contributed by atoms with Gasteiger partial charge in [0, 0.05) is 5.56 Å². The average molecular weight is 254 g/mol. The zero-order valence-electron chi connectivity index (χ0n) is 11.5. The Morgan fingerprint density at radius 2 is 1.63 bits per heavy atom. The summed E-state index contributed by atoms with van der Waals surface area (Å²) in [5.74, 6) is 0.0854. The number of phenolic OH excluding ortho intramolecular Hbond substituents is 1. The molecule has 0 radical (unpaired) electrons. The van der Waals surface area contributed by atoms with Gasteiger partial charge in [-0.3, -0.25) is 4.79 Å². The number of aromatic hydroxyl groups is 1. The SMILES string of the molecule is CC(C)(C)c1cc(-c2ccccc2)cc(C=O)c1O. The van der Waals surface area contributed by atoms with E-state index in [1.54, 1.807) is 6.07 Å². The van der Waals surface area contributed by atoms with Crippen LogP contribution in [-0.2, 0) is 5.41 Å². The van der Waals surface area contributed by atoms with Crippen molar-refractivity contribution in [1.29, 1.82) is 0 Å². The maximum absolute atomic E-state index is 11.1. The Morgan fingerprint density at radius 1 is 1.00 bits per heavy atom. The predicted octanol–water partition coefficient (Wildman–Crippen LogP) is 4.17. The Morgan fingerprint density at radius 3 is 2.16 bits per heavy atom. The van der Waals surface area contributed by atoms with Crippen molar-refractivity contribution in [2.75, 3.05) is 0 Å². The van der Waals surface area contributed by atoms with Crippen LogP contribution in [0.4, 0.5) is 0 Å². The van der Waals surface area contributed by atoms with E-state index in [0.717, 1.165) is 16.7 Å². The number of hydrogen-bond donors (Lipinski definition) is 1. The van der Waals surface area contributed by atoms with Crippen molar-refractivity contribution in [2.24, 2.45) is 0 Å². The molecule has 2 nitrogen and oxygen atoms in total. The van der Waals surface area contributed by atoms with E-state index < -0.39 is 0 Å². The Labute approximate surface area is 113 Å². The molecule has 2 heteroatoms. The van der Waals surface area contributed by atoms with E-state index in [1.807, 2.05) is 57.2 Å². The van der Waals surface area contributed by atoms with E-state index >= 15 is 0 Å². The molecule has 98 valence electrons. The van der Waals surface area contributed by atoms with Crippen LogP contribution in [0.1, 0.15) is 36.7 Å². The lowest BCUT2D eigenvalue weighted by molar-refractivity contribution is 0.112. The van der Waals surface area contributed by atoms with Crippen molar-refractivity contribution >= 4 is 6.29 Å². The average Bonchev–Trinajstić information content (AvgIpc) is 2.38. The van der Waals surface area contributed by atoms with Gasteiger partial charge in [0.2, 0.25) is 0 Å². The second kappa shape index (κ2) is 4.88. The number of phenols is 1. The summed E-state index contributed by atoms with van der Waals surface area (Å²) < 4.78 is 0. The first-order valence-electron chi connectivity index (χ1n) is 6.31. The van der Waals surface area contributed by atoms with Crippen LogP contribution in [-0.4, -0.2) is 11.4 Å². The highest BCUT2D eigenvalue weighted by Gasteiger charge is 2.21.